The summed E-state index contributed by atoms with van der Waals surface area (Å²) < 4.78 is 5.30. The van der Waals surface area contributed by atoms with Crippen LogP contribution in [0, 0.1) is 0 Å². The highest BCUT2D eigenvalue weighted by molar-refractivity contribution is 5.86. The maximum Gasteiger partial charge on any atom is 0.119 e. The predicted octanol–water partition coefficient (Wildman–Crippen LogP) is 2.87. The Labute approximate surface area is 108 Å². The molecule has 1 aromatic carbocycles. The molecule has 3 heteroatoms. The number of hydrogen-bond acceptors (Lipinski definition) is 3. The lowest BCUT2D eigenvalue weighted by atomic mass is 9.83. The molecule has 0 spiro atoms. The molecule has 0 saturated heterocycles. The molecule has 18 heavy (non-hydrogen) atoms. The molecule has 2 rings (SSSR count). The van der Waals surface area contributed by atoms with Crippen molar-refractivity contribution in [3.8, 4) is 5.75 Å². The van der Waals surface area contributed by atoms with E-state index in [0.29, 0.717) is 6.54 Å². The van der Waals surface area contributed by atoms with Crippen LogP contribution in [-0.4, -0.2) is 18.6 Å². The maximum atomic E-state index is 5.70. The molecule has 0 amide bonds. The average Bonchev–Trinajstić information content (AvgIpc) is 2.37. The molecule has 0 fully saturated rings. The summed E-state index contributed by atoms with van der Waals surface area (Å²) in [5.41, 5.74) is 6.76. The van der Waals surface area contributed by atoms with Crippen LogP contribution in [0.1, 0.15) is 26.0 Å². The number of methoxy groups -OCH3 is 1. The maximum absolute atomic E-state index is 5.70. The number of nitrogens with two attached hydrogens (primary N) is 1. The van der Waals surface area contributed by atoms with E-state index < -0.39 is 0 Å². The molecule has 1 aromatic heterocycles. The first-order chi connectivity index (χ1) is 8.58. The zero-order valence-electron chi connectivity index (χ0n) is 11.2. The minimum atomic E-state index is -0.0272. The summed E-state index contributed by atoms with van der Waals surface area (Å²) in [5.74, 6) is 0.861. The SMILES string of the molecule is COc1ccc2ccnc(C(C)(C)CCN)c2c1. The Morgan fingerprint density at radius 2 is 2.06 bits per heavy atom. The van der Waals surface area contributed by atoms with Gasteiger partial charge in [-0.1, -0.05) is 19.9 Å². The van der Waals surface area contributed by atoms with Crippen LogP contribution in [0.15, 0.2) is 30.5 Å². The van der Waals surface area contributed by atoms with Crippen molar-refractivity contribution in [3.05, 3.63) is 36.2 Å². The van der Waals surface area contributed by atoms with Gasteiger partial charge in [-0.25, -0.2) is 0 Å². The second-order valence-electron chi connectivity index (χ2n) is 5.17. The van der Waals surface area contributed by atoms with E-state index in [0.717, 1.165) is 23.3 Å². The highest BCUT2D eigenvalue weighted by atomic mass is 16.5. The molecule has 0 bridgehead atoms. The third-order valence-electron chi connectivity index (χ3n) is 3.38. The topological polar surface area (TPSA) is 48.1 Å². The number of ether oxygens (including phenoxy) is 1. The molecule has 96 valence electrons. The summed E-state index contributed by atoms with van der Waals surface area (Å²) in [7, 11) is 1.68. The standard InChI is InChI=1S/C15H20N2O/c1-15(2,7-8-16)14-13-10-12(18-3)5-4-11(13)6-9-17-14/h4-6,9-10H,7-8,16H2,1-3H3. The van der Waals surface area contributed by atoms with Gasteiger partial charge in [0.15, 0.2) is 0 Å². The van der Waals surface area contributed by atoms with Crippen LogP contribution < -0.4 is 10.5 Å². The van der Waals surface area contributed by atoms with Crippen LogP contribution >= 0.6 is 0 Å². The van der Waals surface area contributed by atoms with Crippen molar-refractivity contribution in [1.29, 1.82) is 0 Å². The Morgan fingerprint density at radius 3 is 2.72 bits per heavy atom. The first kappa shape index (κ1) is 12.8. The molecule has 1 heterocycles. The molecular formula is C15H20N2O. The van der Waals surface area contributed by atoms with Gasteiger partial charge in [0.05, 0.1) is 12.8 Å². The molecule has 0 unspecified atom stereocenters. The molecule has 0 aliphatic heterocycles. The lowest BCUT2D eigenvalue weighted by Crippen LogP contribution is -2.23. The quantitative estimate of drug-likeness (QED) is 0.899. The number of hydrogen-bond donors (Lipinski definition) is 1. The Balaban J connectivity index is 2.62. The summed E-state index contributed by atoms with van der Waals surface area (Å²) in [4.78, 5) is 4.56. The normalized spacial score (nSPS) is 11.8. The van der Waals surface area contributed by atoms with Crippen LogP contribution in [0.2, 0.25) is 0 Å². The van der Waals surface area contributed by atoms with E-state index in [4.69, 9.17) is 10.5 Å². The fraction of sp³-hybridized carbons (Fsp3) is 0.400. The van der Waals surface area contributed by atoms with Crippen LogP contribution in [0.4, 0.5) is 0 Å². The summed E-state index contributed by atoms with van der Waals surface area (Å²) in [5, 5.41) is 2.33. The highest BCUT2D eigenvalue weighted by Gasteiger charge is 2.23. The number of nitrogens with zero attached hydrogens (tertiary/aromatic N) is 1. The van der Waals surface area contributed by atoms with Gasteiger partial charge in [-0.2, -0.15) is 0 Å². The van der Waals surface area contributed by atoms with Crippen molar-refractivity contribution in [2.24, 2.45) is 5.73 Å². The summed E-state index contributed by atoms with van der Waals surface area (Å²) in [6, 6.07) is 8.12. The van der Waals surface area contributed by atoms with Gasteiger partial charge in [-0.15, -0.1) is 0 Å². The molecule has 0 aliphatic carbocycles. The van der Waals surface area contributed by atoms with E-state index in [9.17, 15) is 0 Å². The van der Waals surface area contributed by atoms with E-state index >= 15 is 0 Å². The first-order valence-corrected chi connectivity index (χ1v) is 6.22. The van der Waals surface area contributed by atoms with Crippen LogP contribution in [0.5, 0.6) is 5.75 Å². The minimum absolute atomic E-state index is 0.0272. The van der Waals surface area contributed by atoms with Crippen molar-refractivity contribution >= 4 is 10.8 Å². The predicted molar refractivity (Wildman–Crippen MR) is 75.0 cm³/mol. The molecule has 0 saturated carbocycles. The molecule has 0 aliphatic rings. The van der Waals surface area contributed by atoms with Gasteiger partial charge in [-0.3, -0.25) is 4.98 Å². The summed E-state index contributed by atoms with van der Waals surface area (Å²) in [6.07, 6.45) is 2.78. The first-order valence-electron chi connectivity index (χ1n) is 6.22. The monoisotopic (exact) mass is 244 g/mol. The highest BCUT2D eigenvalue weighted by Crippen LogP contribution is 2.32. The Morgan fingerprint density at radius 1 is 1.28 bits per heavy atom. The van der Waals surface area contributed by atoms with Gasteiger partial charge < -0.3 is 10.5 Å². The Hall–Kier alpha value is -1.61. The smallest absolute Gasteiger partial charge is 0.119 e. The lowest BCUT2D eigenvalue weighted by Gasteiger charge is -2.25. The van der Waals surface area contributed by atoms with Crippen molar-refractivity contribution < 1.29 is 4.74 Å². The molecule has 0 atom stereocenters. The van der Waals surface area contributed by atoms with Crippen molar-refractivity contribution in [1.82, 2.24) is 4.98 Å². The number of benzene rings is 1. The zero-order chi connectivity index (χ0) is 13.2. The third kappa shape index (κ3) is 2.31. The minimum Gasteiger partial charge on any atom is -0.497 e. The largest absolute Gasteiger partial charge is 0.497 e. The number of pyridine rings is 1. The van der Waals surface area contributed by atoms with Crippen molar-refractivity contribution in [2.75, 3.05) is 13.7 Å². The number of fused-ring (bicyclic) bond motifs is 1. The molecular weight excluding hydrogens is 224 g/mol. The molecule has 2 aromatic rings. The third-order valence-corrected chi connectivity index (χ3v) is 3.38. The lowest BCUT2D eigenvalue weighted by molar-refractivity contribution is 0.415. The average molecular weight is 244 g/mol. The van der Waals surface area contributed by atoms with E-state index in [-0.39, 0.29) is 5.41 Å². The molecule has 2 N–H and O–H groups in total. The van der Waals surface area contributed by atoms with Gasteiger partial charge in [0.25, 0.3) is 0 Å². The van der Waals surface area contributed by atoms with Crippen LogP contribution in [-0.2, 0) is 5.41 Å². The summed E-state index contributed by atoms with van der Waals surface area (Å²) >= 11 is 0. The zero-order valence-corrected chi connectivity index (χ0v) is 11.2. The fourth-order valence-electron chi connectivity index (χ4n) is 2.29. The van der Waals surface area contributed by atoms with Gasteiger partial charge in [0.2, 0.25) is 0 Å². The second-order valence-corrected chi connectivity index (χ2v) is 5.17. The van der Waals surface area contributed by atoms with Gasteiger partial charge in [0.1, 0.15) is 5.75 Å². The fourth-order valence-corrected chi connectivity index (χ4v) is 2.29. The molecule has 3 nitrogen and oxygen atoms in total. The van der Waals surface area contributed by atoms with Crippen molar-refractivity contribution in [2.45, 2.75) is 25.7 Å². The molecule has 0 radical (unpaired) electrons. The Bertz CT molecular complexity index is 549. The van der Waals surface area contributed by atoms with E-state index in [1.54, 1.807) is 7.11 Å². The van der Waals surface area contributed by atoms with Gasteiger partial charge >= 0.3 is 0 Å². The van der Waals surface area contributed by atoms with E-state index in [2.05, 4.69) is 31.0 Å². The number of rotatable bonds is 4. The summed E-state index contributed by atoms with van der Waals surface area (Å²) in [6.45, 7) is 5.03. The van der Waals surface area contributed by atoms with Gasteiger partial charge in [-0.05, 0) is 36.6 Å². The Kier molecular flexibility index (Phi) is 3.53. The van der Waals surface area contributed by atoms with Crippen LogP contribution in [0.25, 0.3) is 10.8 Å². The van der Waals surface area contributed by atoms with E-state index in [1.807, 2.05) is 18.3 Å². The number of aromatic nitrogens is 1. The van der Waals surface area contributed by atoms with Crippen LogP contribution in [0.3, 0.4) is 0 Å². The van der Waals surface area contributed by atoms with Crippen molar-refractivity contribution in [3.63, 3.8) is 0 Å². The second kappa shape index (κ2) is 4.94. The van der Waals surface area contributed by atoms with Gasteiger partial charge in [0, 0.05) is 17.0 Å². The van der Waals surface area contributed by atoms with E-state index in [1.165, 1.54) is 5.39 Å².